The molecule has 0 amide bonds. The van der Waals surface area contributed by atoms with Gasteiger partial charge in [-0.1, -0.05) is 127 Å². The largest absolute Gasteiger partial charge is 0.456 e. The summed E-state index contributed by atoms with van der Waals surface area (Å²) in [5, 5.41) is 6.51. The van der Waals surface area contributed by atoms with Gasteiger partial charge in [-0.3, -0.25) is 0 Å². The van der Waals surface area contributed by atoms with Crippen LogP contribution in [0.5, 0.6) is 0 Å². The van der Waals surface area contributed by atoms with E-state index in [0.717, 1.165) is 82.8 Å². The topological polar surface area (TPSA) is 65.0 Å². The third kappa shape index (κ3) is 5.06. The van der Waals surface area contributed by atoms with Gasteiger partial charge in [-0.2, -0.15) is 0 Å². The van der Waals surface area contributed by atoms with Crippen LogP contribution in [0.25, 0.3) is 111 Å². The molecule has 11 rings (SSSR count). The predicted octanol–water partition coefficient (Wildman–Crippen LogP) is 13.2. The number of benzene rings is 8. The van der Waals surface area contributed by atoms with Gasteiger partial charge in [-0.15, -0.1) is 0 Å². The van der Waals surface area contributed by atoms with E-state index in [1.807, 2.05) is 42.5 Å². The molecule has 0 N–H and O–H groups in total. The molecule has 0 aliphatic carbocycles. The van der Waals surface area contributed by atoms with Crippen molar-refractivity contribution in [2.45, 2.75) is 0 Å². The van der Waals surface area contributed by atoms with Crippen LogP contribution in [0.4, 0.5) is 0 Å². The van der Waals surface area contributed by atoms with Crippen molar-refractivity contribution in [1.82, 2.24) is 15.0 Å². The van der Waals surface area contributed by atoms with Crippen molar-refractivity contribution < 1.29 is 8.83 Å². The van der Waals surface area contributed by atoms with Gasteiger partial charge < -0.3 is 8.83 Å². The Morgan fingerprint density at radius 3 is 1.76 bits per heavy atom. The molecule has 0 saturated carbocycles. The normalized spacial score (nSPS) is 11.7. The number of hydrogen-bond donors (Lipinski definition) is 0. The summed E-state index contributed by atoms with van der Waals surface area (Å²) in [7, 11) is 0. The van der Waals surface area contributed by atoms with Gasteiger partial charge in [-0.05, 0) is 81.6 Å². The second kappa shape index (κ2) is 12.1. The highest BCUT2D eigenvalue weighted by Crippen LogP contribution is 2.39. The molecule has 0 bridgehead atoms. The van der Waals surface area contributed by atoms with Crippen LogP contribution in [0.15, 0.2) is 185 Å². The quantitative estimate of drug-likeness (QED) is 0.180. The minimum absolute atomic E-state index is 0.560. The molecule has 8 aromatic carbocycles. The fourth-order valence-corrected chi connectivity index (χ4v) is 7.65. The van der Waals surface area contributed by atoms with Crippen molar-refractivity contribution in [1.29, 1.82) is 0 Å². The Kier molecular flexibility index (Phi) is 6.79. The molecule has 0 atom stereocenters. The van der Waals surface area contributed by atoms with E-state index in [9.17, 15) is 0 Å². The second-order valence-electron chi connectivity index (χ2n) is 13.6. The predicted molar refractivity (Wildman–Crippen MR) is 219 cm³/mol. The van der Waals surface area contributed by atoms with E-state index in [1.165, 1.54) is 10.8 Å². The third-order valence-electron chi connectivity index (χ3n) is 10.3. The van der Waals surface area contributed by atoms with Crippen molar-refractivity contribution in [2.24, 2.45) is 0 Å². The monoisotopic (exact) mass is 691 g/mol. The van der Waals surface area contributed by atoms with E-state index in [-0.39, 0.29) is 0 Å². The van der Waals surface area contributed by atoms with Crippen molar-refractivity contribution in [3.05, 3.63) is 176 Å². The number of fused-ring (bicyclic) bond motifs is 7. The first-order valence-electron chi connectivity index (χ1n) is 18.0. The standard InChI is InChI=1S/C49H29N3O2/c1-2-10-30(11-3-1)35-22-25-40-45(28-35)54-43-19-9-17-41(46(40)43)49-51-47(36-15-8-14-33(27-36)34-21-20-31-12-4-5-13-32(31)26-34)50-48(52-49)37-23-24-39-38-16-6-7-18-42(38)53-44(39)29-37/h1-29H. The van der Waals surface area contributed by atoms with Gasteiger partial charge >= 0.3 is 0 Å². The first kappa shape index (κ1) is 30.3. The van der Waals surface area contributed by atoms with Crippen LogP contribution in [0.3, 0.4) is 0 Å². The van der Waals surface area contributed by atoms with Crippen LogP contribution < -0.4 is 0 Å². The fraction of sp³-hybridized carbons (Fsp3) is 0. The molecule has 3 aromatic heterocycles. The summed E-state index contributed by atoms with van der Waals surface area (Å²) < 4.78 is 12.8. The molecular formula is C49H29N3O2. The van der Waals surface area contributed by atoms with Crippen molar-refractivity contribution in [2.75, 3.05) is 0 Å². The number of nitrogens with zero attached hydrogens (tertiary/aromatic N) is 3. The highest BCUT2D eigenvalue weighted by atomic mass is 16.3. The van der Waals surface area contributed by atoms with Gasteiger partial charge in [0.15, 0.2) is 17.5 Å². The average molecular weight is 692 g/mol. The number of rotatable bonds is 5. The fourth-order valence-electron chi connectivity index (χ4n) is 7.65. The van der Waals surface area contributed by atoms with E-state index in [2.05, 4.69) is 133 Å². The molecule has 0 radical (unpaired) electrons. The molecule has 3 heterocycles. The zero-order valence-corrected chi connectivity index (χ0v) is 28.9. The third-order valence-corrected chi connectivity index (χ3v) is 10.3. The van der Waals surface area contributed by atoms with Gasteiger partial charge in [0, 0.05) is 38.2 Å². The maximum Gasteiger partial charge on any atom is 0.164 e. The van der Waals surface area contributed by atoms with Crippen LogP contribution in [-0.4, -0.2) is 15.0 Å². The Morgan fingerprint density at radius 1 is 0.296 bits per heavy atom. The van der Waals surface area contributed by atoms with Gasteiger partial charge in [0.25, 0.3) is 0 Å². The first-order chi connectivity index (χ1) is 26.7. The van der Waals surface area contributed by atoms with E-state index >= 15 is 0 Å². The molecule has 0 aliphatic rings. The van der Waals surface area contributed by atoms with Crippen molar-refractivity contribution in [3.8, 4) is 56.4 Å². The Balaban J connectivity index is 1.10. The highest BCUT2D eigenvalue weighted by molar-refractivity contribution is 6.12. The summed E-state index contributed by atoms with van der Waals surface area (Å²) in [6.07, 6.45) is 0. The van der Waals surface area contributed by atoms with Crippen LogP contribution >= 0.6 is 0 Å². The molecule has 0 spiro atoms. The van der Waals surface area contributed by atoms with Gasteiger partial charge in [0.2, 0.25) is 0 Å². The lowest BCUT2D eigenvalue weighted by atomic mass is 9.99. The smallest absolute Gasteiger partial charge is 0.164 e. The second-order valence-corrected chi connectivity index (χ2v) is 13.6. The molecule has 252 valence electrons. The minimum Gasteiger partial charge on any atom is -0.456 e. The average Bonchev–Trinajstić information content (AvgIpc) is 3.81. The number of hydrogen-bond acceptors (Lipinski definition) is 5. The summed E-state index contributed by atoms with van der Waals surface area (Å²) in [6, 6.07) is 60.5. The van der Waals surface area contributed by atoms with E-state index in [0.29, 0.717) is 17.5 Å². The van der Waals surface area contributed by atoms with Gasteiger partial charge in [0.1, 0.15) is 22.3 Å². The maximum atomic E-state index is 6.50. The number of furan rings is 2. The molecular weight excluding hydrogens is 663 g/mol. The lowest BCUT2D eigenvalue weighted by molar-refractivity contribution is 0.668. The molecule has 11 aromatic rings. The lowest BCUT2D eigenvalue weighted by Gasteiger charge is -2.11. The molecule has 5 heteroatoms. The van der Waals surface area contributed by atoms with Crippen LogP contribution in [0.1, 0.15) is 0 Å². The zero-order valence-electron chi connectivity index (χ0n) is 28.9. The summed E-state index contributed by atoms with van der Waals surface area (Å²) >= 11 is 0. The van der Waals surface area contributed by atoms with E-state index < -0.39 is 0 Å². The Morgan fingerprint density at radius 2 is 0.852 bits per heavy atom. The van der Waals surface area contributed by atoms with Gasteiger partial charge in [0.05, 0.1) is 0 Å². The van der Waals surface area contributed by atoms with Crippen LogP contribution in [0.2, 0.25) is 0 Å². The number of aromatic nitrogens is 3. The van der Waals surface area contributed by atoms with Crippen LogP contribution in [0, 0.1) is 0 Å². The maximum absolute atomic E-state index is 6.50. The summed E-state index contributed by atoms with van der Waals surface area (Å²) in [6.45, 7) is 0. The van der Waals surface area contributed by atoms with Crippen molar-refractivity contribution in [3.63, 3.8) is 0 Å². The van der Waals surface area contributed by atoms with Crippen molar-refractivity contribution >= 4 is 54.6 Å². The minimum atomic E-state index is 0.560. The first-order valence-corrected chi connectivity index (χ1v) is 18.0. The molecule has 5 nitrogen and oxygen atoms in total. The van der Waals surface area contributed by atoms with Gasteiger partial charge in [-0.25, -0.2) is 15.0 Å². The Bertz CT molecular complexity index is 3230. The lowest BCUT2D eigenvalue weighted by Crippen LogP contribution is -2.00. The Hall–Kier alpha value is -7.37. The molecule has 0 fully saturated rings. The van der Waals surface area contributed by atoms with E-state index in [1.54, 1.807) is 0 Å². The zero-order chi connectivity index (χ0) is 35.6. The molecule has 0 unspecified atom stereocenters. The SMILES string of the molecule is c1ccc(-c2ccc3c(c2)oc2cccc(-c4nc(-c5cccc(-c6ccc7ccccc7c6)c5)nc(-c5ccc6c(c5)oc5ccccc56)n4)c23)cc1. The Labute approximate surface area is 309 Å². The highest BCUT2D eigenvalue weighted by Gasteiger charge is 2.19. The summed E-state index contributed by atoms with van der Waals surface area (Å²) in [5.74, 6) is 1.71. The molecule has 0 saturated heterocycles. The summed E-state index contributed by atoms with van der Waals surface area (Å²) in [4.78, 5) is 15.5. The van der Waals surface area contributed by atoms with Crippen LogP contribution in [-0.2, 0) is 0 Å². The molecule has 54 heavy (non-hydrogen) atoms. The van der Waals surface area contributed by atoms with E-state index in [4.69, 9.17) is 23.8 Å². The number of para-hydroxylation sites is 1. The molecule has 0 aliphatic heterocycles. The summed E-state index contributed by atoms with van der Waals surface area (Å²) in [5.41, 5.74) is 10.3.